The van der Waals surface area contributed by atoms with E-state index in [-0.39, 0.29) is 6.04 Å². The van der Waals surface area contributed by atoms with E-state index < -0.39 is 17.8 Å². The summed E-state index contributed by atoms with van der Waals surface area (Å²) in [7, 11) is 1.21. The molecule has 0 aromatic heterocycles. The van der Waals surface area contributed by atoms with Gasteiger partial charge in [0.2, 0.25) is 0 Å². The minimum Gasteiger partial charge on any atom is -0.452 e. The number of urea groups is 1. The molecule has 0 aliphatic heterocycles. The molecule has 0 radical (unpaired) electrons. The number of azo groups is 1. The van der Waals surface area contributed by atoms with E-state index in [4.69, 9.17) is 0 Å². The number of hydrogen-bond acceptors (Lipinski definition) is 5. The van der Waals surface area contributed by atoms with Crippen LogP contribution in [-0.4, -0.2) is 30.9 Å². The molecule has 0 saturated heterocycles. The summed E-state index contributed by atoms with van der Waals surface area (Å²) in [5.74, 6) is 0. The Hall–Kier alpha value is -1.86. The van der Waals surface area contributed by atoms with Crippen LogP contribution in [0.2, 0.25) is 0 Å². The highest BCUT2D eigenvalue weighted by Crippen LogP contribution is 2.21. The Morgan fingerprint density at radius 3 is 2.40 bits per heavy atom. The second-order valence-electron chi connectivity index (χ2n) is 5.26. The molecule has 8 heteroatoms. The second kappa shape index (κ2) is 7.66. The van der Waals surface area contributed by atoms with Crippen LogP contribution in [0.25, 0.3) is 0 Å². The van der Waals surface area contributed by atoms with Crippen LogP contribution in [0.15, 0.2) is 10.2 Å². The van der Waals surface area contributed by atoms with Crippen molar-refractivity contribution in [3.05, 3.63) is 0 Å². The van der Waals surface area contributed by atoms with Gasteiger partial charge in [0.25, 0.3) is 0 Å². The summed E-state index contributed by atoms with van der Waals surface area (Å²) in [5, 5.41) is 11.1. The summed E-state index contributed by atoms with van der Waals surface area (Å²) in [6.07, 6.45) is 4.98. The van der Waals surface area contributed by atoms with Crippen LogP contribution in [0.3, 0.4) is 0 Å². The summed E-state index contributed by atoms with van der Waals surface area (Å²) in [6, 6.07) is -0.330. The van der Waals surface area contributed by atoms with Crippen LogP contribution in [0.1, 0.15) is 46.0 Å². The molecule has 0 unspecified atom stereocenters. The molecule has 1 rings (SSSR count). The Balaban J connectivity index is 2.37. The molecule has 0 atom stereocenters. The Kier molecular flexibility index (Phi) is 6.20. The Labute approximate surface area is 118 Å². The lowest BCUT2D eigenvalue weighted by atomic mass is 9.96. The van der Waals surface area contributed by atoms with E-state index in [9.17, 15) is 9.59 Å². The van der Waals surface area contributed by atoms with Gasteiger partial charge in [0.1, 0.15) is 5.66 Å². The maximum Gasteiger partial charge on any atom is 0.425 e. The molecule has 0 aromatic carbocycles. The lowest BCUT2D eigenvalue weighted by molar-refractivity contribution is 0.164. The van der Waals surface area contributed by atoms with Gasteiger partial charge >= 0.3 is 12.1 Å². The highest BCUT2D eigenvalue weighted by molar-refractivity contribution is 5.77. The van der Waals surface area contributed by atoms with Crippen LogP contribution >= 0.6 is 0 Å². The number of carbonyl (C=O) groups excluding carboxylic acids is 2. The van der Waals surface area contributed by atoms with Crippen molar-refractivity contribution in [2.24, 2.45) is 10.2 Å². The predicted octanol–water partition coefficient (Wildman–Crippen LogP) is 2.08. The van der Waals surface area contributed by atoms with Crippen molar-refractivity contribution in [3.63, 3.8) is 0 Å². The Bertz CT molecular complexity index is 364. The molecular formula is C12H23N5O3. The largest absolute Gasteiger partial charge is 0.452 e. The third-order valence-electron chi connectivity index (χ3n) is 2.93. The first-order valence-corrected chi connectivity index (χ1v) is 6.77. The normalized spacial score (nSPS) is 16.8. The maximum atomic E-state index is 11.5. The lowest BCUT2D eigenvalue weighted by Crippen LogP contribution is -2.52. The first kappa shape index (κ1) is 16.2. The molecular weight excluding hydrogens is 262 g/mol. The van der Waals surface area contributed by atoms with Crippen molar-refractivity contribution in [2.45, 2.75) is 57.7 Å². The van der Waals surface area contributed by atoms with Crippen molar-refractivity contribution < 1.29 is 14.3 Å². The van der Waals surface area contributed by atoms with E-state index in [0.29, 0.717) is 0 Å². The van der Waals surface area contributed by atoms with Gasteiger partial charge in [-0.05, 0) is 26.7 Å². The van der Waals surface area contributed by atoms with Crippen LogP contribution < -0.4 is 16.2 Å². The number of rotatable bonds is 3. The fourth-order valence-electron chi connectivity index (χ4n) is 1.92. The monoisotopic (exact) mass is 285 g/mol. The van der Waals surface area contributed by atoms with Gasteiger partial charge in [-0.25, -0.2) is 20.4 Å². The number of ether oxygens (including phenoxy) is 1. The van der Waals surface area contributed by atoms with Gasteiger partial charge in [0.05, 0.1) is 13.2 Å². The van der Waals surface area contributed by atoms with Crippen molar-refractivity contribution in [2.75, 3.05) is 7.11 Å². The quantitative estimate of drug-likeness (QED) is 0.546. The second-order valence-corrected chi connectivity index (χ2v) is 5.26. The van der Waals surface area contributed by atoms with E-state index in [0.717, 1.165) is 12.8 Å². The van der Waals surface area contributed by atoms with Gasteiger partial charge < -0.3 is 10.1 Å². The average Bonchev–Trinajstić information content (AvgIpc) is 2.43. The minimum absolute atomic E-state index is 0.251. The predicted molar refractivity (Wildman–Crippen MR) is 73.0 cm³/mol. The molecule has 20 heavy (non-hydrogen) atoms. The summed E-state index contributed by atoms with van der Waals surface area (Å²) in [6.45, 7) is 3.47. The fraction of sp³-hybridized carbons (Fsp3) is 0.833. The smallest absolute Gasteiger partial charge is 0.425 e. The van der Waals surface area contributed by atoms with Gasteiger partial charge in [-0.1, -0.05) is 19.3 Å². The van der Waals surface area contributed by atoms with Gasteiger partial charge in [-0.3, -0.25) is 0 Å². The zero-order valence-electron chi connectivity index (χ0n) is 12.2. The van der Waals surface area contributed by atoms with Gasteiger partial charge in [0, 0.05) is 0 Å². The number of hydrazine groups is 1. The number of nitrogens with one attached hydrogen (secondary N) is 3. The minimum atomic E-state index is -0.834. The van der Waals surface area contributed by atoms with E-state index in [2.05, 4.69) is 31.1 Å². The molecule has 0 aromatic rings. The third-order valence-corrected chi connectivity index (χ3v) is 2.93. The van der Waals surface area contributed by atoms with E-state index in [1.54, 1.807) is 13.8 Å². The van der Waals surface area contributed by atoms with Crippen molar-refractivity contribution in [1.29, 1.82) is 0 Å². The van der Waals surface area contributed by atoms with Crippen molar-refractivity contribution in [3.8, 4) is 0 Å². The summed E-state index contributed by atoms with van der Waals surface area (Å²) >= 11 is 0. The third kappa shape index (κ3) is 6.35. The van der Waals surface area contributed by atoms with E-state index in [1.165, 1.54) is 26.4 Å². The molecule has 3 N–H and O–H groups in total. The molecule has 0 bridgehead atoms. The topological polar surface area (TPSA) is 104 Å². The zero-order chi connectivity index (χ0) is 15.0. The van der Waals surface area contributed by atoms with Crippen LogP contribution in [0, 0.1) is 0 Å². The molecule has 3 amide bonds. The van der Waals surface area contributed by atoms with Crippen molar-refractivity contribution >= 4 is 12.1 Å². The van der Waals surface area contributed by atoms with Crippen LogP contribution in [-0.2, 0) is 4.74 Å². The molecule has 1 aliphatic carbocycles. The first-order chi connectivity index (χ1) is 9.43. The highest BCUT2D eigenvalue weighted by atomic mass is 16.5. The van der Waals surface area contributed by atoms with E-state index >= 15 is 0 Å². The highest BCUT2D eigenvalue weighted by Gasteiger charge is 2.21. The first-order valence-electron chi connectivity index (χ1n) is 6.77. The molecule has 0 heterocycles. The van der Waals surface area contributed by atoms with Crippen LogP contribution in [0.5, 0.6) is 0 Å². The van der Waals surface area contributed by atoms with E-state index in [1.807, 2.05) is 0 Å². The Morgan fingerprint density at radius 1 is 1.15 bits per heavy atom. The van der Waals surface area contributed by atoms with Crippen LogP contribution in [0.4, 0.5) is 9.59 Å². The number of methoxy groups -OCH3 is 1. The average molecular weight is 285 g/mol. The number of amides is 3. The fourth-order valence-corrected chi connectivity index (χ4v) is 1.92. The maximum absolute atomic E-state index is 11.5. The van der Waals surface area contributed by atoms with Crippen molar-refractivity contribution in [1.82, 2.24) is 16.2 Å². The SMILES string of the molecule is COC(=O)NNC(=O)NC(C)(C)/N=N/C1CCCCC1. The molecule has 114 valence electrons. The number of carbonyl (C=O) groups is 2. The van der Waals surface area contributed by atoms with Gasteiger partial charge in [-0.15, -0.1) is 0 Å². The standard InChI is InChI=1S/C12H23N5O3/c1-12(2,13-10(18)15-16-11(19)20-3)17-14-9-7-5-4-6-8-9/h9H,4-8H2,1-3H3,(H,16,19)(H2,13,15,18)/b17-14+. The Morgan fingerprint density at radius 2 is 1.80 bits per heavy atom. The van der Waals surface area contributed by atoms with Gasteiger partial charge in [-0.2, -0.15) is 10.2 Å². The molecule has 1 saturated carbocycles. The zero-order valence-corrected chi connectivity index (χ0v) is 12.2. The molecule has 0 spiro atoms. The lowest BCUT2D eigenvalue weighted by Gasteiger charge is -2.22. The molecule has 1 aliphatic rings. The summed E-state index contributed by atoms with van der Waals surface area (Å²) < 4.78 is 4.32. The van der Waals surface area contributed by atoms with Gasteiger partial charge in [0.15, 0.2) is 0 Å². The summed E-state index contributed by atoms with van der Waals surface area (Å²) in [5.41, 5.74) is 3.38. The number of nitrogens with zero attached hydrogens (tertiary/aromatic N) is 2. The molecule has 1 fully saturated rings. The number of hydrogen-bond donors (Lipinski definition) is 3. The molecule has 8 nitrogen and oxygen atoms in total. The summed E-state index contributed by atoms with van der Waals surface area (Å²) in [4.78, 5) is 22.3.